The predicted octanol–water partition coefficient (Wildman–Crippen LogP) is 5.87. The van der Waals surface area contributed by atoms with Crippen LogP contribution in [0.15, 0.2) is 109 Å². The molecule has 11 nitrogen and oxygen atoms in total. The zero-order chi connectivity index (χ0) is 25.2. The molecule has 0 aliphatic rings. The monoisotopic (exact) mass is 512 g/mol. The molecule has 0 atom stereocenters. The minimum atomic E-state index is -4.89. The second-order valence-electron chi connectivity index (χ2n) is 7.16. The van der Waals surface area contributed by atoms with Crippen LogP contribution in [0.25, 0.3) is 10.8 Å². The van der Waals surface area contributed by atoms with Gasteiger partial charge < -0.3 is 5.11 Å². The van der Waals surface area contributed by atoms with Crippen LogP contribution in [0.1, 0.15) is 0 Å². The molecule has 4 aromatic rings. The van der Waals surface area contributed by atoms with Gasteiger partial charge in [-0.25, -0.2) is 0 Å². The third-order valence-corrected chi connectivity index (χ3v) is 6.47. The van der Waals surface area contributed by atoms with Crippen LogP contribution < -0.4 is 0 Å². The van der Waals surface area contributed by atoms with E-state index < -0.39 is 41.5 Å². The zero-order valence-electron chi connectivity index (χ0n) is 17.6. The Bertz CT molecular complexity index is 1690. The van der Waals surface area contributed by atoms with Crippen molar-refractivity contribution in [1.82, 2.24) is 0 Å². The lowest BCUT2D eigenvalue weighted by Crippen LogP contribution is -2.00. The molecule has 0 unspecified atom stereocenters. The van der Waals surface area contributed by atoms with E-state index in [4.69, 9.17) is 0 Å². The molecule has 178 valence electrons. The van der Waals surface area contributed by atoms with Crippen LogP contribution in [0.3, 0.4) is 0 Å². The van der Waals surface area contributed by atoms with Crippen LogP contribution in [-0.4, -0.2) is 31.0 Å². The molecule has 35 heavy (non-hydrogen) atoms. The first-order valence-electron chi connectivity index (χ1n) is 9.76. The highest BCUT2D eigenvalue weighted by atomic mass is 32.2. The number of rotatable bonds is 6. The summed E-state index contributed by atoms with van der Waals surface area (Å²) in [4.78, 5) is -1.32. The Morgan fingerprint density at radius 2 is 1.14 bits per heavy atom. The van der Waals surface area contributed by atoms with Crippen LogP contribution in [-0.2, 0) is 20.2 Å². The number of benzene rings is 4. The third-order valence-electron chi connectivity index (χ3n) is 4.75. The molecule has 3 N–H and O–H groups in total. The zero-order valence-corrected chi connectivity index (χ0v) is 19.2. The number of hydrogen-bond donors (Lipinski definition) is 3. The average Bonchev–Trinajstić information content (AvgIpc) is 2.82. The minimum Gasteiger partial charge on any atom is -0.505 e. The van der Waals surface area contributed by atoms with Gasteiger partial charge in [0.2, 0.25) is 0 Å². The molecule has 0 spiro atoms. The van der Waals surface area contributed by atoms with Gasteiger partial charge in [0.25, 0.3) is 20.2 Å². The van der Waals surface area contributed by atoms with Crippen molar-refractivity contribution in [2.45, 2.75) is 9.79 Å². The number of fused-ring (bicyclic) bond motifs is 1. The Morgan fingerprint density at radius 3 is 1.69 bits per heavy atom. The van der Waals surface area contributed by atoms with Crippen LogP contribution in [0.4, 0.5) is 22.7 Å². The van der Waals surface area contributed by atoms with Gasteiger partial charge in [0.15, 0.2) is 5.75 Å². The second-order valence-corrected chi connectivity index (χ2v) is 9.97. The van der Waals surface area contributed by atoms with Gasteiger partial charge in [0, 0.05) is 5.39 Å². The summed E-state index contributed by atoms with van der Waals surface area (Å²) < 4.78 is 65.5. The second kappa shape index (κ2) is 9.31. The molecule has 0 fully saturated rings. The first-order valence-corrected chi connectivity index (χ1v) is 12.6. The molecule has 0 radical (unpaired) electrons. The van der Waals surface area contributed by atoms with E-state index in [1.54, 1.807) is 24.3 Å². The van der Waals surface area contributed by atoms with E-state index in [0.29, 0.717) is 11.4 Å². The predicted molar refractivity (Wildman–Crippen MR) is 126 cm³/mol. The van der Waals surface area contributed by atoms with E-state index in [0.717, 1.165) is 24.3 Å². The van der Waals surface area contributed by atoms with Gasteiger partial charge in [-0.1, -0.05) is 18.2 Å². The number of nitrogens with zero attached hydrogens (tertiary/aromatic N) is 4. The highest BCUT2D eigenvalue weighted by Crippen LogP contribution is 2.42. The van der Waals surface area contributed by atoms with Crippen molar-refractivity contribution in [1.29, 1.82) is 0 Å². The summed E-state index contributed by atoms with van der Waals surface area (Å²) in [6, 6.07) is 19.4. The van der Waals surface area contributed by atoms with Crippen molar-refractivity contribution in [3.8, 4) is 5.75 Å². The maximum absolute atomic E-state index is 11.9. The summed E-state index contributed by atoms with van der Waals surface area (Å²) in [5.41, 5.74) is 0.928. The smallest absolute Gasteiger partial charge is 0.296 e. The first kappa shape index (κ1) is 24.1. The number of azo groups is 2. The van der Waals surface area contributed by atoms with E-state index in [-0.39, 0.29) is 16.5 Å². The molecule has 0 amide bonds. The molecule has 0 heterocycles. The minimum absolute atomic E-state index is 0.0235. The van der Waals surface area contributed by atoms with Gasteiger partial charge in [0.05, 0.1) is 22.0 Å². The molecule has 0 saturated carbocycles. The number of phenolic OH excluding ortho intramolecular Hbond substituents is 1. The average molecular weight is 513 g/mol. The third kappa shape index (κ3) is 5.55. The fraction of sp³-hybridized carbons (Fsp3) is 0. The van der Waals surface area contributed by atoms with Crippen molar-refractivity contribution in [2.24, 2.45) is 20.5 Å². The van der Waals surface area contributed by atoms with Crippen molar-refractivity contribution in [3.05, 3.63) is 78.9 Å². The molecule has 0 aromatic heterocycles. The van der Waals surface area contributed by atoms with Gasteiger partial charge >= 0.3 is 0 Å². The summed E-state index contributed by atoms with van der Waals surface area (Å²) in [6.45, 7) is 0. The van der Waals surface area contributed by atoms with E-state index >= 15 is 0 Å². The Balaban J connectivity index is 1.70. The standard InChI is InChI=1S/C22H16N4O7S2/c27-22-19-11-10-18(34(28,29)30)12-14(19)13-20(35(31,32)33)21(22)26-25-17-8-6-16(7-9-17)24-23-15-4-2-1-3-5-15/h1-13,27H,(H,28,29,30)(H,31,32,33). The first-order chi connectivity index (χ1) is 16.5. The van der Waals surface area contributed by atoms with Gasteiger partial charge in [-0.05, 0) is 66.0 Å². The lowest BCUT2D eigenvalue weighted by atomic mass is 10.1. The van der Waals surface area contributed by atoms with Gasteiger partial charge in [-0.15, -0.1) is 5.11 Å². The van der Waals surface area contributed by atoms with E-state index in [1.165, 1.54) is 12.1 Å². The molecule has 0 saturated heterocycles. The van der Waals surface area contributed by atoms with Gasteiger partial charge in [-0.2, -0.15) is 32.2 Å². The largest absolute Gasteiger partial charge is 0.505 e. The Morgan fingerprint density at radius 1 is 0.600 bits per heavy atom. The van der Waals surface area contributed by atoms with E-state index in [1.807, 2.05) is 18.2 Å². The van der Waals surface area contributed by atoms with Crippen molar-refractivity contribution in [2.75, 3.05) is 0 Å². The van der Waals surface area contributed by atoms with Crippen LogP contribution in [0, 0.1) is 0 Å². The normalized spacial score (nSPS) is 12.6. The van der Waals surface area contributed by atoms with Gasteiger partial charge in [0.1, 0.15) is 10.6 Å². The van der Waals surface area contributed by atoms with E-state index in [9.17, 15) is 31.0 Å². The van der Waals surface area contributed by atoms with Gasteiger partial charge in [-0.3, -0.25) is 9.11 Å². The summed E-state index contributed by atoms with van der Waals surface area (Å²) in [5, 5.41) is 26.5. The molecule has 0 aliphatic heterocycles. The highest BCUT2D eigenvalue weighted by Gasteiger charge is 2.23. The SMILES string of the molecule is O=S(=O)(O)c1ccc2c(O)c(N=Nc3ccc(N=Nc4ccccc4)cc3)c(S(=O)(=O)O)cc2c1. The maximum atomic E-state index is 11.9. The lowest BCUT2D eigenvalue weighted by molar-refractivity contribution is 0.472. The fourth-order valence-electron chi connectivity index (χ4n) is 3.09. The van der Waals surface area contributed by atoms with Crippen LogP contribution >= 0.6 is 0 Å². The number of aromatic hydroxyl groups is 1. The topological polar surface area (TPSA) is 178 Å². The van der Waals surface area contributed by atoms with E-state index in [2.05, 4.69) is 20.5 Å². The fourth-order valence-corrected chi connectivity index (χ4v) is 4.26. The molecule has 0 aliphatic carbocycles. The Hall–Kier alpha value is -4.04. The van der Waals surface area contributed by atoms with Crippen LogP contribution in [0.5, 0.6) is 5.75 Å². The molecule has 13 heteroatoms. The van der Waals surface area contributed by atoms with Crippen molar-refractivity contribution < 1.29 is 31.0 Å². The molecular weight excluding hydrogens is 496 g/mol. The summed E-state index contributed by atoms with van der Waals surface area (Å²) in [5.74, 6) is -0.658. The molecule has 4 rings (SSSR count). The Labute approximate surface area is 199 Å². The molecule has 0 bridgehead atoms. The highest BCUT2D eigenvalue weighted by molar-refractivity contribution is 7.86. The Kier molecular flexibility index (Phi) is 6.41. The quantitative estimate of drug-likeness (QED) is 0.213. The summed E-state index contributed by atoms with van der Waals surface area (Å²) in [7, 11) is -9.48. The summed E-state index contributed by atoms with van der Waals surface area (Å²) >= 11 is 0. The lowest BCUT2D eigenvalue weighted by Gasteiger charge is -2.09. The molecule has 4 aromatic carbocycles. The summed E-state index contributed by atoms with van der Waals surface area (Å²) in [6.07, 6.45) is 0. The number of hydrogen-bond acceptors (Lipinski definition) is 9. The number of phenols is 1. The van der Waals surface area contributed by atoms with Crippen molar-refractivity contribution in [3.63, 3.8) is 0 Å². The maximum Gasteiger partial charge on any atom is 0.296 e. The van der Waals surface area contributed by atoms with Crippen molar-refractivity contribution >= 4 is 53.8 Å². The van der Waals surface area contributed by atoms with Crippen LogP contribution in [0.2, 0.25) is 0 Å². The molecular formula is C22H16N4O7S2.